The van der Waals surface area contributed by atoms with Gasteiger partial charge >= 0.3 is 0 Å². The van der Waals surface area contributed by atoms with Gasteiger partial charge < -0.3 is 19.9 Å². The first-order valence-corrected chi connectivity index (χ1v) is 11.6. The Hall–Kier alpha value is -2.13. The average Bonchev–Trinajstić information content (AvgIpc) is 3.16. The van der Waals surface area contributed by atoms with Crippen LogP contribution in [0.3, 0.4) is 0 Å². The summed E-state index contributed by atoms with van der Waals surface area (Å²) in [5, 5.41) is 3.58. The van der Waals surface area contributed by atoms with Gasteiger partial charge in [-0.05, 0) is 23.8 Å². The molecular weight excluding hydrogens is 494 g/mol. The molecule has 4 rings (SSSR count). The zero-order valence-electron chi connectivity index (χ0n) is 17.8. The van der Waals surface area contributed by atoms with Gasteiger partial charge in [-0.25, -0.2) is 9.37 Å². The van der Waals surface area contributed by atoms with Crippen LogP contribution >= 0.6 is 34.8 Å². The first kappa shape index (κ1) is 24.0. The van der Waals surface area contributed by atoms with Crippen molar-refractivity contribution in [3.05, 3.63) is 56.4 Å². The van der Waals surface area contributed by atoms with Crippen molar-refractivity contribution in [3.63, 3.8) is 0 Å². The topological polar surface area (TPSA) is 74.8 Å². The third kappa shape index (κ3) is 4.89. The predicted molar refractivity (Wildman–Crippen MR) is 125 cm³/mol. The third-order valence-electron chi connectivity index (χ3n) is 5.99. The van der Waals surface area contributed by atoms with Gasteiger partial charge in [-0.15, -0.1) is 0 Å². The summed E-state index contributed by atoms with van der Waals surface area (Å²) in [6.45, 7) is 2.49. The highest BCUT2D eigenvalue weighted by Crippen LogP contribution is 2.33. The Morgan fingerprint density at radius 2 is 1.91 bits per heavy atom. The molecule has 2 amide bonds. The third-order valence-corrected chi connectivity index (χ3v) is 6.94. The number of amides is 2. The van der Waals surface area contributed by atoms with E-state index in [0.717, 1.165) is 0 Å². The van der Waals surface area contributed by atoms with Crippen LogP contribution in [-0.4, -0.2) is 68.1 Å². The fourth-order valence-corrected chi connectivity index (χ4v) is 4.93. The lowest BCUT2D eigenvalue weighted by Gasteiger charge is -2.36. The molecule has 7 nitrogen and oxygen atoms in total. The summed E-state index contributed by atoms with van der Waals surface area (Å²) in [5.74, 6) is -1.31. The minimum Gasteiger partial charge on any atom is -0.384 e. The van der Waals surface area contributed by atoms with Crippen molar-refractivity contribution in [2.24, 2.45) is 5.92 Å². The van der Waals surface area contributed by atoms with E-state index in [1.165, 1.54) is 18.2 Å². The van der Waals surface area contributed by atoms with Crippen LogP contribution in [0, 0.1) is 11.7 Å². The zero-order chi connectivity index (χ0) is 23.7. The molecule has 2 aliphatic rings. The van der Waals surface area contributed by atoms with Gasteiger partial charge in [0.05, 0.1) is 28.1 Å². The Labute approximate surface area is 205 Å². The van der Waals surface area contributed by atoms with Crippen LogP contribution in [0.25, 0.3) is 0 Å². The number of benzene rings is 1. The number of ether oxygens (including phenoxy) is 1. The Kier molecular flexibility index (Phi) is 7.28. The van der Waals surface area contributed by atoms with E-state index in [-0.39, 0.29) is 27.6 Å². The van der Waals surface area contributed by atoms with E-state index in [1.807, 2.05) is 4.90 Å². The number of halogens is 4. The van der Waals surface area contributed by atoms with Gasteiger partial charge in [0.25, 0.3) is 5.91 Å². The molecule has 2 fully saturated rings. The van der Waals surface area contributed by atoms with Crippen molar-refractivity contribution in [3.8, 4) is 0 Å². The highest BCUT2D eigenvalue weighted by molar-refractivity contribution is 6.42. The van der Waals surface area contributed by atoms with Crippen LogP contribution in [0.1, 0.15) is 21.8 Å². The van der Waals surface area contributed by atoms with Crippen LogP contribution in [0.5, 0.6) is 0 Å². The molecule has 176 valence electrons. The van der Waals surface area contributed by atoms with Crippen molar-refractivity contribution < 1.29 is 18.7 Å². The molecule has 2 aromatic rings. The molecule has 2 atom stereocenters. The summed E-state index contributed by atoms with van der Waals surface area (Å²) < 4.78 is 20.1. The highest BCUT2D eigenvalue weighted by Gasteiger charge is 2.36. The predicted octanol–water partition coefficient (Wildman–Crippen LogP) is 3.62. The number of hydrogen-bond acceptors (Lipinski definition) is 5. The average molecular weight is 516 g/mol. The van der Waals surface area contributed by atoms with Gasteiger partial charge in [0, 0.05) is 45.8 Å². The molecule has 1 aromatic carbocycles. The van der Waals surface area contributed by atoms with E-state index in [1.54, 1.807) is 18.1 Å². The van der Waals surface area contributed by atoms with Crippen LogP contribution in [0.15, 0.2) is 24.3 Å². The van der Waals surface area contributed by atoms with E-state index in [9.17, 15) is 14.0 Å². The molecule has 1 aromatic heterocycles. The second-order valence-corrected chi connectivity index (χ2v) is 9.20. The standard InChI is InChI=1S/C22H22Cl3FN4O3/c1-33-11-13-10-27-21(31)18(13)12-2-3-14(17(26)8-12)22(32)30-6-4-29(5-7-30)20-16(24)9-15(23)19(25)28-20/h2-3,8-9,13,18H,4-7,10-11H2,1H3,(H,27,31)/t13?,18-/m0/s1. The monoisotopic (exact) mass is 514 g/mol. The number of piperazine rings is 1. The SMILES string of the molecule is COCC1CNC(=O)[C@H]1c1ccc(C(=O)N2CCN(c3nc(Cl)c(Cl)cc3Cl)CC2)c(F)c1. The molecular formula is C22H22Cl3FN4O3. The van der Waals surface area contributed by atoms with Crippen molar-refractivity contribution in [2.45, 2.75) is 5.92 Å². The fraction of sp³-hybridized carbons (Fsp3) is 0.409. The van der Waals surface area contributed by atoms with Crippen molar-refractivity contribution in [2.75, 3.05) is 51.3 Å². The Bertz CT molecular complexity index is 1080. The molecule has 11 heteroatoms. The van der Waals surface area contributed by atoms with Gasteiger partial charge in [0.15, 0.2) is 0 Å². The van der Waals surface area contributed by atoms with Crippen molar-refractivity contribution in [1.82, 2.24) is 15.2 Å². The van der Waals surface area contributed by atoms with E-state index in [2.05, 4.69) is 10.3 Å². The van der Waals surface area contributed by atoms with Crippen LogP contribution in [0.2, 0.25) is 15.2 Å². The molecule has 1 N–H and O–H groups in total. The normalized spacial score (nSPS) is 20.8. The number of nitrogens with one attached hydrogen (secondary N) is 1. The number of hydrogen-bond donors (Lipinski definition) is 1. The second kappa shape index (κ2) is 10.0. The highest BCUT2D eigenvalue weighted by atomic mass is 35.5. The summed E-state index contributed by atoms with van der Waals surface area (Å²) >= 11 is 18.2. The van der Waals surface area contributed by atoms with Crippen LogP contribution in [-0.2, 0) is 9.53 Å². The molecule has 2 aliphatic heterocycles. The lowest BCUT2D eigenvalue weighted by atomic mass is 9.88. The lowest BCUT2D eigenvalue weighted by molar-refractivity contribution is -0.120. The molecule has 33 heavy (non-hydrogen) atoms. The van der Waals surface area contributed by atoms with Gasteiger partial charge in [-0.1, -0.05) is 40.9 Å². The molecule has 0 saturated carbocycles. The maximum atomic E-state index is 15.0. The van der Waals surface area contributed by atoms with Gasteiger partial charge in [-0.3, -0.25) is 9.59 Å². The van der Waals surface area contributed by atoms with Crippen LogP contribution < -0.4 is 10.2 Å². The maximum absolute atomic E-state index is 15.0. The molecule has 0 bridgehead atoms. The molecule has 2 saturated heterocycles. The number of carbonyl (C=O) groups excluding carboxylic acids is 2. The second-order valence-electron chi connectivity index (χ2n) is 8.02. The number of aromatic nitrogens is 1. The molecule has 0 aliphatic carbocycles. The van der Waals surface area contributed by atoms with E-state index in [0.29, 0.717) is 55.7 Å². The summed E-state index contributed by atoms with van der Waals surface area (Å²) in [4.78, 5) is 32.9. The minimum atomic E-state index is -0.648. The van der Waals surface area contributed by atoms with E-state index >= 15 is 0 Å². The van der Waals surface area contributed by atoms with Gasteiger partial charge in [0.2, 0.25) is 5.91 Å². The maximum Gasteiger partial charge on any atom is 0.256 e. The Balaban J connectivity index is 1.45. The quantitative estimate of drug-likeness (QED) is 0.616. The van der Waals surface area contributed by atoms with E-state index in [4.69, 9.17) is 39.5 Å². The largest absolute Gasteiger partial charge is 0.384 e. The van der Waals surface area contributed by atoms with Crippen molar-refractivity contribution >= 4 is 52.4 Å². The number of rotatable bonds is 5. The first-order chi connectivity index (χ1) is 15.8. The summed E-state index contributed by atoms with van der Waals surface area (Å²) in [6, 6.07) is 5.90. The summed E-state index contributed by atoms with van der Waals surface area (Å²) in [6.07, 6.45) is 0. The van der Waals surface area contributed by atoms with Crippen LogP contribution in [0.4, 0.5) is 10.2 Å². The number of carbonyl (C=O) groups is 2. The number of nitrogens with zero attached hydrogens (tertiary/aromatic N) is 3. The lowest BCUT2D eigenvalue weighted by Crippen LogP contribution is -2.49. The Morgan fingerprint density at radius 1 is 1.18 bits per heavy atom. The van der Waals surface area contributed by atoms with Crippen molar-refractivity contribution in [1.29, 1.82) is 0 Å². The van der Waals surface area contributed by atoms with E-state index < -0.39 is 17.6 Å². The minimum absolute atomic E-state index is 0.0282. The molecule has 3 heterocycles. The van der Waals surface area contributed by atoms with Gasteiger partial charge in [-0.2, -0.15) is 0 Å². The first-order valence-electron chi connectivity index (χ1n) is 10.4. The zero-order valence-corrected chi connectivity index (χ0v) is 20.1. The summed E-state index contributed by atoms with van der Waals surface area (Å²) in [5.41, 5.74) is 0.505. The Morgan fingerprint density at radius 3 is 2.58 bits per heavy atom. The fourth-order valence-electron chi connectivity index (χ4n) is 4.31. The molecule has 0 spiro atoms. The number of methoxy groups -OCH3 is 1. The molecule has 0 radical (unpaired) electrons. The van der Waals surface area contributed by atoms with Gasteiger partial charge in [0.1, 0.15) is 16.8 Å². The smallest absolute Gasteiger partial charge is 0.256 e. The number of pyridine rings is 1. The summed E-state index contributed by atoms with van der Waals surface area (Å²) in [7, 11) is 1.56. The molecule has 1 unspecified atom stereocenters. The number of anilines is 1.